The summed E-state index contributed by atoms with van der Waals surface area (Å²) in [6.45, 7) is 10.9. The topological polar surface area (TPSA) is 23.5 Å². The Bertz CT molecular complexity index is 416. The van der Waals surface area contributed by atoms with Crippen molar-refractivity contribution in [3.05, 3.63) is 29.3 Å². The lowest BCUT2D eigenvalue weighted by Crippen LogP contribution is -2.45. The van der Waals surface area contributed by atoms with Crippen LogP contribution >= 0.6 is 0 Å². The average molecular weight is 247 g/mol. The van der Waals surface area contributed by atoms with E-state index in [1.54, 1.807) is 0 Å². The SMILES string of the molecule is Cc1cccc(CN2CC(C)CC(C)C2C)c1O. The Morgan fingerprint density at radius 1 is 1.28 bits per heavy atom. The summed E-state index contributed by atoms with van der Waals surface area (Å²) in [6.07, 6.45) is 1.32. The van der Waals surface area contributed by atoms with Crippen LogP contribution < -0.4 is 0 Å². The standard InChI is InChI=1S/C16H25NO/c1-11-8-13(3)14(4)17(9-11)10-15-7-5-6-12(2)16(15)18/h5-7,11,13-14,18H,8-10H2,1-4H3. The molecule has 1 saturated heterocycles. The number of rotatable bonds is 2. The lowest BCUT2D eigenvalue weighted by molar-refractivity contribution is 0.0722. The first-order valence-electron chi connectivity index (χ1n) is 7.00. The van der Waals surface area contributed by atoms with Gasteiger partial charge in [-0.05, 0) is 37.7 Å². The molecule has 2 rings (SSSR count). The van der Waals surface area contributed by atoms with Crippen LogP contribution in [0.2, 0.25) is 0 Å². The number of aryl methyl sites for hydroxylation is 1. The first-order valence-corrected chi connectivity index (χ1v) is 7.00. The van der Waals surface area contributed by atoms with E-state index in [1.165, 1.54) is 6.42 Å². The van der Waals surface area contributed by atoms with Crippen molar-refractivity contribution in [3.63, 3.8) is 0 Å². The summed E-state index contributed by atoms with van der Waals surface area (Å²) < 4.78 is 0. The second kappa shape index (κ2) is 5.31. The van der Waals surface area contributed by atoms with E-state index in [2.05, 4.69) is 25.7 Å². The Labute approximate surface area is 111 Å². The highest BCUT2D eigenvalue weighted by molar-refractivity contribution is 5.39. The Kier molecular flexibility index (Phi) is 3.96. The smallest absolute Gasteiger partial charge is 0.122 e. The Balaban J connectivity index is 2.15. The maximum Gasteiger partial charge on any atom is 0.122 e. The van der Waals surface area contributed by atoms with Crippen LogP contribution in [0.15, 0.2) is 18.2 Å². The number of phenols is 1. The Morgan fingerprint density at radius 2 is 2.00 bits per heavy atom. The zero-order valence-corrected chi connectivity index (χ0v) is 12.0. The lowest BCUT2D eigenvalue weighted by Gasteiger charge is -2.41. The number of hydrogen-bond acceptors (Lipinski definition) is 2. The van der Waals surface area contributed by atoms with E-state index >= 15 is 0 Å². The first kappa shape index (κ1) is 13.4. The molecule has 0 aliphatic carbocycles. The summed E-state index contributed by atoms with van der Waals surface area (Å²) in [4.78, 5) is 2.51. The number of likely N-dealkylation sites (tertiary alicyclic amines) is 1. The summed E-state index contributed by atoms with van der Waals surface area (Å²) in [6, 6.07) is 6.63. The van der Waals surface area contributed by atoms with Gasteiger partial charge in [0.1, 0.15) is 5.75 Å². The molecule has 1 aromatic carbocycles. The van der Waals surface area contributed by atoms with Gasteiger partial charge >= 0.3 is 0 Å². The molecule has 1 aliphatic rings. The van der Waals surface area contributed by atoms with Gasteiger partial charge in [0.2, 0.25) is 0 Å². The average Bonchev–Trinajstić information content (AvgIpc) is 2.31. The van der Waals surface area contributed by atoms with E-state index in [1.807, 2.05) is 25.1 Å². The molecule has 0 saturated carbocycles. The van der Waals surface area contributed by atoms with Crippen molar-refractivity contribution in [1.29, 1.82) is 0 Å². The zero-order valence-electron chi connectivity index (χ0n) is 12.0. The van der Waals surface area contributed by atoms with E-state index in [-0.39, 0.29) is 0 Å². The number of nitrogens with zero attached hydrogens (tertiary/aromatic N) is 1. The third-order valence-electron chi connectivity index (χ3n) is 4.41. The molecule has 2 heteroatoms. The summed E-state index contributed by atoms with van der Waals surface area (Å²) in [5.74, 6) is 1.96. The monoisotopic (exact) mass is 247 g/mol. The van der Waals surface area contributed by atoms with Gasteiger partial charge in [0.25, 0.3) is 0 Å². The predicted octanol–water partition coefficient (Wildman–Crippen LogP) is 3.57. The fraction of sp³-hybridized carbons (Fsp3) is 0.625. The fourth-order valence-electron chi connectivity index (χ4n) is 3.11. The summed E-state index contributed by atoms with van der Waals surface area (Å²) in [5, 5.41) is 10.1. The third-order valence-corrected chi connectivity index (χ3v) is 4.41. The van der Waals surface area contributed by atoms with Gasteiger partial charge in [0.05, 0.1) is 0 Å². The van der Waals surface area contributed by atoms with Crippen molar-refractivity contribution in [1.82, 2.24) is 4.90 Å². The van der Waals surface area contributed by atoms with Crippen LogP contribution in [0.1, 0.15) is 38.3 Å². The van der Waals surface area contributed by atoms with E-state index < -0.39 is 0 Å². The minimum atomic E-state index is 0.468. The van der Waals surface area contributed by atoms with Crippen LogP contribution in [0, 0.1) is 18.8 Å². The van der Waals surface area contributed by atoms with Crippen molar-refractivity contribution >= 4 is 0 Å². The second-order valence-electron chi connectivity index (χ2n) is 6.07. The molecule has 0 bridgehead atoms. The number of benzene rings is 1. The van der Waals surface area contributed by atoms with Crippen molar-refractivity contribution in [2.75, 3.05) is 6.54 Å². The van der Waals surface area contributed by atoms with Crippen molar-refractivity contribution in [2.45, 2.75) is 46.7 Å². The molecule has 1 aliphatic heterocycles. The molecule has 1 aromatic rings. The minimum Gasteiger partial charge on any atom is -0.507 e. The summed E-state index contributed by atoms with van der Waals surface area (Å²) >= 11 is 0. The molecule has 3 atom stereocenters. The Hall–Kier alpha value is -1.02. The zero-order chi connectivity index (χ0) is 13.3. The molecule has 0 spiro atoms. The van der Waals surface area contributed by atoms with Gasteiger partial charge < -0.3 is 5.11 Å². The van der Waals surface area contributed by atoms with E-state index in [0.29, 0.717) is 11.8 Å². The molecule has 1 fully saturated rings. The maximum absolute atomic E-state index is 10.1. The fourth-order valence-corrected chi connectivity index (χ4v) is 3.11. The van der Waals surface area contributed by atoms with Gasteiger partial charge in [0.15, 0.2) is 0 Å². The molecule has 1 heterocycles. The van der Waals surface area contributed by atoms with Crippen LogP contribution in [-0.4, -0.2) is 22.6 Å². The van der Waals surface area contributed by atoms with Gasteiger partial charge in [-0.15, -0.1) is 0 Å². The third kappa shape index (κ3) is 2.69. The normalized spacial score (nSPS) is 29.4. The van der Waals surface area contributed by atoms with Gasteiger partial charge in [-0.3, -0.25) is 4.90 Å². The molecule has 100 valence electrons. The van der Waals surface area contributed by atoms with Crippen molar-refractivity contribution < 1.29 is 5.11 Å². The largest absolute Gasteiger partial charge is 0.507 e. The van der Waals surface area contributed by atoms with Crippen LogP contribution in [0.4, 0.5) is 0 Å². The molecule has 2 nitrogen and oxygen atoms in total. The molecule has 0 radical (unpaired) electrons. The van der Waals surface area contributed by atoms with Gasteiger partial charge in [-0.25, -0.2) is 0 Å². The van der Waals surface area contributed by atoms with E-state index in [0.717, 1.165) is 36.1 Å². The van der Waals surface area contributed by atoms with Crippen molar-refractivity contribution in [2.24, 2.45) is 11.8 Å². The molecule has 3 unspecified atom stereocenters. The number of aromatic hydroxyl groups is 1. The highest BCUT2D eigenvalue weighted by Gasteiger charge is 2.29. The van der Waals surface area contributed by atoms with E-state index in [9.17, 15) is 5.11 Å². The Morgan fingerprint density at radius 3 is 2.72 bits per heavy atom. The van der Waals surface area contributed by atoms with Gasteiger partial charge in [0, 0.05) is 24.7 Å². The van der Waals surface area contributed by atoms with Crippen LogP contribution in [0.3, 0.4) is 0 Å². The second-order valence-corrected chi connectivity index (χ2v) is 6.07. The van der Waals surface area contributed by atoms with E-state index in [4.69, 9.17) is 0 Å². The van der Waals surface area contributed by atoms with Crippen LogP contribution in [0.5, 0.6) is 5.75 Å². The summed E-state index contributed by atoms with van der Waals surface area (Å²) in [5.41, 5.74) is 2.03. The minimum absolute atomic E-state index is 0.468. The van der Waals surface area contributed by atoms with Crippen molar-refractivity contribution in [3.8, 4) is 5.75 Å². The van der Waals surface area contributed by atoms with Gasteiger partial charge in [-0.1, -0.05) is 32.0 Å². The molecule has 0 amide bonds. The molecule has 0 aromatic heterocycles. The highest BCUT2D eigenvalue weighted by Crippen LogP contribution is 2.30. The van der Waals surface area contributed by atoms with Crippen LogP contribution in [0.25, 0.3) is 0 Å². The van der Waals surface area contributed by atoms with Gasteiger partial charge in [-0.2, -0.15) is 0 Å². The molecular formula is C16H25NO. The molecular weight excluding hydrogens is 222 g/mol. The highest BCUT2D eigenvalue weighted by atomic mass is 16.3. The number of piperidine rings is 1. The first-order chi connectivity index (χ1) is 8.49. The summed E-state index contributed by atoms with van der Waals surface area (Å²) in [7, 11) is 0. The lowest BCUT2D eigenvalue weighted by atomic mass is 9.85. The number of hydrogen-bond donors (Lipinski definition) is 1. The number of para-hydroxylation sites is 1. The molecule has 1 N–H and O–H groups in total. The molecule has 18 heavy (non-hydrogen) atoms. The quantitative estimate of drug-likeness (QED) is 0.863. The maximum atomic E-state index is 10.1. The predicted molar refractivity (Wildman–Crippen MR) is 75.7 cm³/mol. The number of phenolic OH excluding ortho intramolecular Hbond substituents is 1. The van der Waals surface area contributed by atoms with Crippen LogP contribution in [-0.2, 0) is 6.54 Å².